The van der Waals surface area contributed by atoms with Crippen LogP contribution in [0.5, 0.6) is 0 Å². The smallest absolute Gasteiger partial charge is 0.329 e. The zero-order valence-corrected chi connectivity index (χ0v) is 18.6. The van der Waals surface area contributed by atoms with E-state index in [4.69, 9.17) is 9.47 Å². The van der Waals surface area contributed by atoms with Crippen LogP contribution in [-0.4, -0.2) is 49.7 Å². The zero-order chi connectivity index (χ0) is 22.3. The van der Waals surface area contributed by atoms with E-state index in [1.54, 1.807) is 12.1 Å². The summed E-state index contributed by atoms with van der Waals surface area (Å²) in [6.07, 6.45) is 1.93. The highest BCUT2D eigenvalue weighted by molar-refractivity contribution is 5.97. The third kappa shape index (κ3) is 7.13. The number of nitrogens with one attached hydrogen (secondary N) is 2. The number of rotatable bonds is 8. The average molecular weight is 419 g/mol. The van der Waals surface area contributed by atoms with E-state index in [-0.39, 0.29) is 35.9 Å². The van der Waals surface area contributed by atoms with Crippen molar-refractivity contribution in [2.75, 3.05) is 19.8 Å². The van der Waals surface area contributed by atoms with Gasteiger partial charge in [0.05, 0.1) is 6.10 Å². The van der Waals surface area contributed by atoms with E-state index in [1.807, 2.05) is 26.0 Å². The van der Waals surface area contributed by atoms with Gasteiger partial charge >= 0.3 is 5.97 Å². The van der Waals surface area contributed by atoms with Gasteiger partial charge in [-0.2, -0.15) is 0 Å². The van der Waals surface area contributed by atoms with Gasteiger partial charge in [-0.05, 0) is 41.9 Å². The van der Waals surface area contributed by atoms with Crippen LogP contribution >= 0.6 is 0 Å². The van der Waals surface area contributed by atoms with Crippen molar-refractivity contribution < 1.29 is 23.9 Å². The standard InChI is InChI=1S/C23H34N2O5/c1-15(2)20(22(28)30-14-19(26)24-13-18-7-6-12-29-18)25-21(27)16-8-10-17(11-9-16)23(3,4)5/h8-11,15,18,20H,6-7,12-14H2,1-5H3,(H,24,26)(H,25,27)/t18-,20+/m1/s1. The quantitative estimate of drug-likeness (QED) is 0.633. The number of esters is 1. The molecule has 0 bridgehead atoms. The van der Waals surface area contributed by atoms with Gasteiger partial charge in [0.25, 0.3) is 11.8 Å². The van der Waals surface area contributed by atoms with E-state index in [0.717, 1.165) is 18.4 Å². The van der Waals surface area contributed by atoms with Gasteiger partial charge in [-0.25, -0.2) is 4.79 Å². The molecule has 2 N–H and O–H groups in total. The summed E-state index contributed by atoms with van der Waals surface area (Å²) in [4.78, 5) is 37.0. The molecule has 7 nitrogen and oxygen atoms in total. The normalized spacial score (nSPS) is 17.5. The average Bonchev–Trinajstić information content (AvgIpc) is 3.21. The predicted molar refractivity (Wildman–Crippen MR) is 114 cm³/mol. The van der Waals surface area contributed by atoms with Gasteiger partial charge in [-0.15, -0.1) is 0 Å². The Labute approximate surface area is 178 Å². The Kier molecular flexibility index (Phi) is 8.41. The van der Waals surface area contributed by atoms with Gasteiger partial charge in [0.15, 0.2) is 6.61 Å². The number of amides is 2. The Morgan fingerprint density at radius 3 is 2.37 bits per heavy atom. The van der Waals surface area contributed by atoms with E-state index in [0.29, 0.717) is 18.7 Å². The van der Waals surface area contributed by atoms with Crippen LogP contribution in [0, 0.1) is 5.92 Å². The molecule has 1 aliphatic rings. The number of benzene rings is 1. The first-order valence-corrected chi connectivity index (χ1v) is 10.5. The molecule has 1 aliphatic heterocycles. The molecular weight excluding hydrogens is 384 g/mol. The Morgan fingerprint density at radius 2 is 1.83 bits per heavy atom. The molecule has 1 saturated heterocycles. The van der Waals surface area contributed by atoms with E-state index in [2.05, 4.69) is 31.4 Å². The Bertz CT molecular complexity index is 731. The van der Waals surface area contributed by atoms with E-state index in [1.165, 1.54) is 0 Å². The third-order valence-corrected chi connectivity index (χ3v) is 5.12. The fourth-order valence-electron chi connectivity index (χ4n) is 3.15. The minimum atomic E-state index is -0.842. The van der Waals surface area contributed by atoms with Gasteiger partial charge in [-0.1, -0.05) is 46.8 Å². The van der Waals surface area contributed by atoms with Crippen LogP contribution in [0.1, 0.15) is 63.4 Å². The van der Waals surface area contributed by atoms with Gasteiger partial charge in [0.1, 0.15) is 6.04 Å². The second-order valence-electron chi connectivity index (χ2n) is 9.07. The number of carbonyl (C=O) groups is 3. The van der Waals surface area contributed by atoms with E-state index < -0.39 is 12.0 Å². The summed E-state index contributed by atoms with van der Waals surface area (Å²) in [5.74, 6) is -1.55. The molecule has 0 saturated carbocycles. The molecule has 2 amide bonds. The van der Waals surface area contributed by atoms with Crippen molar-refractivity contribution in [3.05, 3.63) is 35.4 Å². The minimum Gasteiger partial charge on any atom is -0.454 e. The number of hydrogen-bond donors (Lipinski definition) is 2. The highest BCUT2D eigenvalue weighted by Gasteiger charge is 2.27. The van der Waals surface area contributed by atoms with Crippen LogP contribution in [0.3, 0.4) is 0 Å². The Hall–Kier alpha value is -2.41. The first-order valence-electron chi connectivity index (χ1n) is 10.5. The molecule has 0 aliphatic carbocycles. The number of hydrogen-bond acceptors (Lipinski definition) is 5. The Morgan fingerprint density at radius 1 is 1.17 bits per heavy atom. The van der Waals surface area contributed by atoms with Crippen molar-refractivity contribution in [2.24, 2.45) is 5.92 Å². The maximum Gasteiger partial charge on any atom is 0.329 e. The van der Waals surface area contributed by atoms with Crippen molar-refractivity contribution in [1.82, 2.24) is 10.6 Å². The highest BCUT2D eigenvalue weighted by Crippen LogP contribution is 2.22. The van der Waals surface area contributed by atoms with Crippen molar-refractivity contribution in [3.8, 4) is 0 Å². The number of ether oxygens (including phenoxy) is 2. The molecule has 166 valence electrons. The molecule has 30 heavy (non-hydrogen) atoms. The molecule has 1 aromatic rings. The third-order valence-electron chi connectivity index (χ3n) is 5.12. The van der Waals surface area contributed by atoms with Crippen LogP contribution in [0.4, 0.5) is 0 Å². The summed E-state index contributed by atoms with van der Waals surface area (Å²) < 4.78 is 10.6. The minimum absolute atomic E-state index is 0.0102. The summed E-state index contributed by atoms with van der Waals surface area (Å²) in [6.45, 7) is 10.7. The molecule has 1 aromatic carbocycles. The molecule has 1 heterocycles. The second-order valence-corrected chi connectivity index (χ2v) is 9.07. The molecule has 2 rings (SSSR count). The van der Waals surface area contributed by atoms with Crippen molar-refractivity contribution in [1.29, 1.82) is 0 Å². The van der Waals surface area contributed by atoms with E-state index >= 15 is 0 Å². The van der Waals surface area contributed by atoms with Gasteiger partial charge in [0.2, 0.25) is 0 Å². The van der Waals surface area contributed by atoms with Gasteiger partial charge in [0, 0.05) is 18.7 Å². The molecule has 0 radical (unpaired) electrons. The monoisotopic (exact) mass is 418 g/mol. The summed E-state index contributed by atoms with van der Waals surface area (Å²) in [5.41, 5.74) is 1.58. The molecule has 1 fully saturated rings. The molecule has 0 spiro atoms. The molecular formula is C23H34N2O5. The maximum absolute atomic E-state index is 12.6. The van der Waals surface area contributed by atoms with Crippen LogP contribution in [0.2, 0.25) is 0 Å². The fraction of sp³-hybridized carbons (Fsp3) is 0.609. The lowest BCUT2D eigenvalue weighted by Gasteiger charge is -2.22. The van der Waals surface area contributed by atoms with Gasteiger partial charge < -0.3 is 20.1 Å². The first kappa shape index (κ1) is 23.9. The maximum atomic E-state index is 12.6. The van der Waals surface area contributed by atoms with Crippen LogP contribution < -0.4 is 10.6 Å². The van der Waals surface area contributed by atoms with Gasteiger partial charge in [-0.3, -0.25) is 9.59 Å². The zero-order valence-electron chi connectivity index (χ0n) is 18.6. The molecule has 0 unspecified atom stereocenters. The SMILES string of the molecule is CC(C)[C@H](NC(=O)c1ccc(C(C)(C)C)cc1)C(=O)OCC(=O)NC[C@H]1CCCO1. The first-order chi connectivity index (χ1) is 14.1. The molecule has 7 heteroatoms. The van der Waals surface area contributed by atoms with Crippen molar-refractivity contribution >= 4 is 17.8 Å². The van der Waals surface area contributed by atoms with Crippen LogP contribution in [-0.2, 0) is 24.5 Å². The fourth-order valence-corrected chi connectivity index (χ4v) is 3.15. The largest absolute Gasteiger partial charge is 0.454 e. The summed E-state index contributed by atoms with van der Waals surface area (Å²) in [5, 5.41) is 5.43. The van der Waals surface area contributed by atoms with Crippen LogP contribution in [0.25, 0.3) is 0 Å². The lowest BCUT2D eigenvalue weighted by atomic mass is 9.86. The number of carbonyl (C=O) groups excluding carboxylic acids is 3. The Balaban J connectivity index is 1.87. The van der Waals surface area contributed by atoms with E-state index in [9.17, 15) is 14.4 Å². The lowest BCUT2D eigenvalue weighted by Crippen LogP contribution is -2.46. The summed E-state index contributed by atoms with van der Waals surface area (Å²) in [6, 6.07) is 6.48. The lowest BCUT2D eigenvalue weighted by molar-refractivity contribution is -0.151. The topological polar surface area (TPSA) is 93.7 Å². The molecule has 2 atom stereocenters. The van der Waals surface area contributed by atoms with Crippen molar-refractivity contribution in [3.63, 3.8) is 0 Å². The highest BCUT2D eigenvalue weighted by atomic mass is 16.5. The van der Waals surface area contributed by atoms with Crippen molar-refractivity contribution in [2.45, 2.75) is 65.0 Å². The predicted octanol–water partition coefficient (Wildman–Crippen LogP) is 2.58. The second kappa shape index (κ2) is 10.6. The van der Waals surface area contributed by atoms with Crippen LogP contribution in [0.15, 0.2) is 24.3 Å². The molecule has 0 aromatic heterocycles. The summed E-state index contributed by atoms with van der Waals surface area (Å²) in [7, 11) is 0. The summed E-state index contributed by atoms with van der Waals surface area (Å²) >= 11 is 0.